The van der Waals surface area contributed by atoms with E-state index in [0.717, 1.165) is 17.2 Å². The lowest BCUT2D eigenvalue weighted by Gasteiger charge is -2.14. The van der Waals surface area contributed by atoms with Crippen molar-refractivity contribution in [1.29, 1.82) is 0 Å². The Kier molecular flexibility index (Phi) is 6.84. The number of carbonyl (C=O) groups is 2. The highest BCUT2D eigenvalue weighted by Crippen LogP contribution is 2.34. The fourth-order valence-corrected chi connectivity index (χ4v) is 3.26. The number of hydrogen-bond donors (Lipinski definition) is 1. The van der Waals surface area contributed by atoms with Crippen LogP contribution in [0.25, 0.3) is 11.1 Å². The number of halogens is 3. The Morgan fingerprint density at radius 3 is 2.45 bits per heavy atom. The fourth-order valence-electron chi connectivity index (χ4n) is 3.26. The van der Waals surface area contributed by atoms with Gasteiger partial charge < -0.3 is 5.32 Å². The normalized spacial score (nSPS) is 11.2. The number of ketones is 1. The molecule has 0 aliphatic carbocycles. The van der Waals surface area contributed by atoms with Gasteiger partial charge in [-0.3, -0.25) is 14.6 Å². The van der Waals surface area contributed by atoms with Gasteiger partial charge in [-0.2, -0.15) is 13.2 Å². The molecule has 0 aliphatic rings. The van der Waals surface area contributed by atoms with Crippen LogP contribution in [0.2, 0.25) is 0 Å². The number of nitrogens with zero attached hydrogens (tertiary/aromatic N) is 1. The van der Waals surface area contributed by atoms with Gasteiger partial charge in [0.2, 0.25) is 5.91 Å². The van der Waals surface area contributed by atoms with E-state index in [9.17, 15) is 22.8 Å². The number of benzene rings is 2. The molecule has 0 unspecified atom stereocenters. The largest absolute Gasteiger partial charge is 0.416 e. The Labute approximate surface area is 178 Å². The summed E-state index contributed by atoms with van der Waals surface area (Å²) in [4.78, 5) is 28.9. The van der Waals surface area contributed by atoms with E-state index in [1.807, 2.05) is 12.1 Å². The molecule has 0 bridgehead atoms. The van der Waals surface area contributed by atoms with E-state index in [4.69, 9.17) is 0 Å². The maximum Gasteiger partial charge on any atom is 0.416 e. The van der Waals surface area contributed by atoms with E-state index in [0.29, 0.717) is 12.0 Å². The van der Waals surface area contributed by atoms with Crippen molar-refractivity contribution >= 4 is 17.4 Å². The molecule has 3 aromatic rings. The second kappa shape index (κ2) is 9.55. The van der Waals surface area contributed by atoms with Crippen LogP contribution in [0, 0.1) is 0 Å². The van der Waals surface area contributed by atoms with E-state index in [2.05, 4.69) is 10.3 Å². The molecule has 4 nitrogen and oxygen atoms in total. The first-order valence-electron chi connectivity index (χ1n) is 9.81. The summed E-state index contributed by atoms with van der Waals surface area (Å²) in [7, 11) is 0. The molecule has 1 aromatic heterocycles. The number of carbonyl (C=O) groups excluding carboxylic acids is 2. The zero-order valence-corrected chi connectivity index (χ0v) is 16.9. The third-order valence-corrected chi connectivity index (χ3v) is 4.72. The number of Topliss-reactive ketones (excluding diaryl/α,β-unsaturated/α-hetero) is 1. The van der Waals surface area contributed by atoms with Crippen LogP contribution in [0.3, 0.4) is 0 Å². The molecule has 7 heteroatoms. The van der Waals surface area contributed by atoms with Gasteiger partial charge >= 0.3 is 6.18 Å². The van der Waals surface area contributed by atoms with E-state index in [1.54, 1.807) is 43.6 Å². The molecule has 0 aliphatic heterocycles. The first kappa shape index (κ1) is 22.2. The van der Waals surface area contributed by atoms with Crippen LogP contribution >= 0.6 is 0 Å². The van der Waals surface area contributed by atoms with Crippen LogP contribution in [0.1, 0.15) is 41.3 Å². The first-order chi connectivity index (χ1) is 14.8. The van der Waals surface area contributed by atoms with Gasteiger partial charge in [-0.15, -0.1) is 0 Å². The fraction of sp³-hybridized carbons (Fsp3) is 0.208. The minimum atomic E-state index is -4.52. The lowest BCUT2D eigenvalue weighted by molar-refractivity contribution is -0.138. The summed E-state index contributed by atoms with van der Waals surface area (Å²) in [6.45, 7) is 1.80. The first-order valence-corrected chi connectivity index (χ1v) is 9.81. The standard InChI is InChI=1S/C24H21F3N2O2/c1-2-5-16-9-10-20(13-21(16)24(25,26)27)29-23(31)14-22(30)18-7-3-6-17(12-18)19-8-4-11-28-15-19/h3-4,6-13,15H,2,5,14H2,1H3,(H,29,31). The quantitative estimate of drug-likeness (QED) is 0.376. The van der Waals surface area contributed by atoms with Crippen LogP contribution in [-0.4, -0.2) is 16.7 Å². The summed E-state index contributed by atoms with van der Waals surface area (Å²) in [5, 5.41) is 2.40. The number of nitrogens with one attached hydrogen (secondary N) is 1. The van der Waals surface area contributed by atoms with E-state index in [-0.39, 0.29) is 17.7 Å². The average Bonchev–Trinajstić information content (AvgIpc) is 2.75. The highest BCUT2D eigenvalue weighted by Gasteiger charge is 2.33. The number of alkyl halides is 3. The van der Waals surface area contributed by atoms with Gasteiger partial charge in [0.25, 0.3) is 0 Å². The highest BCUT2D eigenvalue weighted by atomic mass is 19.4. The van der Waals surface area contributed by atoms with Crippen molar-refractivity contribution in [2.75, 3.05) is 5.32 Å². The molecule has 0 radical (unpaired) electrons. The molecular formula is C24H21F3N2O2. The molecule has 3 rings (SSSR count). The number of aryl methyl sites for hydroxylation is 1. The molecule has 0 spiro atoms. The number of hydrogen-bond acceptors (Lipinski definition) is 3. The van der Waals surface area contributed by atoms with Gasteiger partial charge in [0.1, 0.15) is 0 Å². The molecular weight excluding hydrogens is 405 g/mol. The second-order valence-corrected chi connectivity index (χ2v) is 7.09. The zero-order chi connectivity index (χ0) is 22.4. The Morgan fingerprint density at radius 2 is 1.77 bits per heavy atom. The summed E-state index contributed by atoms with van der Waals surface area (Å²) in [6, 6.07) is 14.1. The van der Waals surface area contributed by atoms with Crippen molar-refractivity contribution in [3.63, 3.8) is 0 Å². The minimum absolute atomic E-state index is 0.00842. The molecule has 0 saturated heterocycles. The molecule has 1 amide bonds. The summed E-state index contributed by atoms with van der Waals surface area (Å²) in [5.74, 6) is -1.10. The summed E-state index contributed by atoms with van der Waals surface area (Å²) < 4.78 is 40.0. The molecule has 0 fully saturated rings. The van der Waals surface area contributed by atoms with Crippen LogP contribution in [-0.2, 0) is 17.4 Å². The predicted molar refractivity (Wildman–Crippen MR) is 113 cm³/mol. The summed E-state index contributed by atoms with van der Waals surface area (Å²) >= 11 is 0. The molecule has 0 atom stereocenters. The number of anilines is 1. The molecule has 1 N–H and O–H groups in total. The highest BCUT2D eigenvalue weighted by molar-refractivity contribution is 6.11. The van der Waals surface area contributed by atoms with Gasteiger partial charge in [-0.25, -0.2) is 0 Å². The Bertz CT molecular complexity index is 1080. The maximum absolute atomic E-state index is 13.3. The van der Waals surface area contributed by atoms with Crippen LogP contribution in [0.4, 0.5) is 18.9 Å². The van der Waals surface area contributed by atoms with E-state index < -0.39 is 29.9 Å². The predicted octanol–water partition coefficient (Wildman–Crippen LogP) is 5.93. The summed E-state index contributed by atoms with van der Waals surface area (Å²) in [6.07, 6.45) is -0.836. The Balaban J connectivity index is 1.72. The lowest BCUT2D eigenvalue weighted by atomic mass is 10.0. The maximum atomic E-state index is 13.3. The van der Waals surface area contributed by atoms with Gasteiger partial charge in [0.05, 0.1) is 12.0 Å². The van der Waals surface area contributed by atoms with Crippen LogP contribution in [0.5, 0.6) is 0 Å². The molecule has 0 saturated carbocycles. The molecule has 160 valence electrons. The smallest absolute Gasteiger partial charge is 0.326 e. The third-order valence-electron chi connectivity index (χ3n) is 4.72. The molecule has 2 aromatic carbocycles. The number of aromatic nitrogens is 1. The van der Waals surface area contributed by atoms with Gasteiger partial charge in [-0.05, 0) is 41.8 Å². The SMILES string of the molecule is CCCc1ccc(NC(=O)CC(=O)c2cccc(-c3cccnc3)c2)cc1C(F)(F)F. The second-order valence-electron chi connectivity index (χ2n) is 7.09. The minimum Gasteiger partial charge on any atom is -0.326 e. The monoisotopic (exact) mass is 426 g/mol. The molecule has 31 heavy (non-hydrogen) atoms. The van der Waals surface area contributed by atoms with Crippen molar-refractivity contribution < 1.29 is 22.8 Å². The number of rotatable bonds is 7. The Hall–Kier alpha value is -3.48. The lowest BCUT2D eigenvalue weighted by Crippen LogP contribution is -2.17. The van der Waals surface area contributed by atoms with Crippen molar-refractivity contribution in [3.8, 4) is 11.1 Å². The van der Waals surface area contributed by atoms with Gasteiger partial charge in [-0.1, -0.05) is 43.7 Å². The van der Waals surface area contributed by atoms with Crippen molar-refractivity contribution in [2.24, 2.45) is 0 Å². The van der Waals surface area contributed by atoms with Crippen LogP contribution in [0.15, 0.2) is 67.0 Å². The van der Waals surface area contributed by atoms with Gasteiger partial charge in [0.15, 0.2) is 5.78 Å². The number of amides is 1. The topological polar surface area (TPSA) is 59.1 Å². The zero-order valence-electron chi connectivity index (χ0n) is 16.9. The Morgan fingerprint density at radius 1 is 1.00 bits per heavy atom. The van der Waals surface area contributed by atoms with Gasteiger partial charge in [0, 0.05) is 29.2 Å². The van der Waals surface area contributed by atoms with Crippen molar-refractivity contribution in [1.82, 2.24) is 4.98 Å². The van der Waals surface area contributed by atoms with E-state index >= 15 is 0 Å². The van der Waals surface area contributed by atoms with Crippen molar-refractivity contribution in [3.05, 3.63) is 83.7 Å². The van der Waals surface area contributed by atoms with Crippen molar-refractivity contribution in [2.45, 2.75) is 32.4 Å². The third kappa shape index (κ3) is 5.78. The number of pyridine rings is 1. The summed E-state index contributed by atoms with van der Waals surface area (Å²) in [5.41, 5.74) is 1.35. The van der Waals surface area contributed by atoms with Crippen LogP contribution < -0.4 is 5.32 Å². The average molecular weight is 426 g/mol. The van der Waals surface area contributed by atoms with E-state index in [1.165, 1.54) is 12.1 Å². The molecule has 1 heterocycles.